The van der Waals surface area contributed by atoms with Gasteiger partial charge in [-0.3, -0.25) is 0 Å². The number of aromatic nitrogens is 1. The minimum Gasteiger partial charge on any atom is -0.491 e. The van der Waals surface area contributed by atoms with Crippen molar-refractivity contribution in [2.24, 2.45) is 0 Å². The maximum absolute atomic E-state index is 12.5. The average molecular weight is 448 g/mol. The molecule has 8 nitrogen and oxygen atoms in total. The van der Waals surface area contributed by atoms with Gasteiger partial charge in [-0.2, -0.15) is 0 Å². The summed E-state index contributed by atoms with van der Waals surface area (Å²) in [6.45, 7) is 0.101. The minimum absolute atomic E-state index is 0.00683. The van der Waals surface area contributed by atoms with Gasteiger partial charge in [0.15, 0.2) is 5.75 Å². The molecular formula is C25H24N2O6. The summed E-state index contributed by atoms with van der Waals surface area (Å²) < 4.78 is 15.8. The van der Waals surface area contributed by atoms with E-state index in [1.165, 1.54) is 20.4 Å². The summed E-state index contributed by atoms with van der Waals surface area (Å²) in [7, 11) is 2.93. The summed E-state index contributed by atoms with van der Waals surface area (Å²) in [5.41, 5.74) is 4.97. The number of nitrogens with zero attached hydrogens (tertiary/aromatic N) is 1. The summed E-state index contributed by atoms with van der Waals surface area (Å²) in [6, 6.07) is 16.4. The number of methoxy groups -OCH3 is 2. The van der Waals surface area contributed by atoms with Crippen LogP contribution in [0.3, 0.4) is 0 Å². The van der Waals surface area contributed by atoms with E-state index in [0.29, 0.717) is 11.3 Å². The second-order valence-electron chi connectivity index (χ2n) is 7.62. The number of alkyl carbamates (subject to hydrolysis) is 1. The molecule has 1 aliphatic rings. The number of hydrogen-bond acceptors (Lipinski definition) is 6. The number of benzene rings is 2. The number of carbonyl (C=O) groups excluding carboxylic acids is 1. The molecule has 1 heterocycles. The van der Waals surface area contributed by atoms with E-state index in [1.807, 2.05) is 48.5 Å². The van der Waals surface area contributed by atoms with Gasteiger partial charge in [0.25, 0.3) is 5.88 Å². The molecule has 170 valence electrons. The molecule has 1 atom stereocenters. The number of carboxylic acids is 1. The molecule has 8 heteroatoms. The molecule has 1 aromatic heterocycles. The van der Waals surface area contributed by atoms with E-state index in [1.54, 1.807) is 6.07 Å². The number of carbonyl (C=O) groups is 2. The van der Waals surface area contributed by atoms with Crippen molar-refractivity contribution in [2.75, 3.05) is 20.8 Å². The van der Waals surface area contributed by atoms with Crippen molar-refractivity contribution < 1.29 is 28.9 Å². The van der Waals surface area contributed by atoms with Crippen molar-refractivity contribution in [3.8, 4) is 22.8 Å². The van der Waals surface area contributed by atoms with Crippen molar-refractivity contribution in [1.82, 2.24) is 10.3 Å². The molecule has 2 N–H and O–H groups in total. The summed E-state index contributed by atoms with van der Waals surface area (Å²) in [4.78, 5) is 28.4. The molecule has 0 bridgehead atoms. The van der Waals surface area contributed by atoms with Gasteiger partial charge in [-0.1, -0.05) is 48.5 Å². The molecule has 2 aromatic carbocycles. The molecule has 0 aliphatic heterocycles. The third-order valence-electron chi connectivity index (χ3n) is 5.66. The van der Waals surface area contributed by atoms with Crippen LogP contribution in [0.2, 0.25) is 0 Å². The van der Waals surface area contributed by atoms with Crippen LogP contribution in [0.4, 0.5) is 4.79 Å². The molecule has 4 rings (SSSR count). The number of hydrogen-bond donors (Lipinski definition) is 2. The molecule has 0 fully saturated rings. The Bertz CT molecular complexity index is 1130. The van der Waals surface area contributed by atoms with Gasteiger partial charge in [0, 0.05) is 18.5 Å². The zero-order chi connectivity index (χ0) is 23.4. The smallest absolute Gasteiger partial charge is 0.407 e. The predicted molar refractivity (Wildman–Crippen MR) is 121 cm³/mol. The van der Waals surface area contributed by atoms with Crippen LogP contribution in [-0.4, -0.2) is 49.0 Å². The Balaban J connectivity index is 1.43. The van der Waals surface area contributed by atoms with Crippen molar-refractivity contribution in [2.45, 2.75) is 18.4 Å². The Morgan fingerprint density at radius 3 is 2.24 bits per heavy atom. The van der Waals surface area contributed by atoms with Crippen LogP contribution in [0.25, 0.3) is 11.1 Å². The molecule has 0 spiro atoms. The van der Waals surface area contributed by atoms with E-state index >= 15 is 0 Å². The summed E-state index contributed by atoms with van der Waals surface area (Å²) in [5.74, 6) is -0.627. The first kappa shape index (κ1) is 22.1. The maximum Gasteiger partial charge on any atom is 0.407 e. The zero-order valence-electron chi connectivity index (χ0n) is 18.3. The zero-order valence-corrected chi connectivity index (χ0v) is 18.3. The van der Waals surface area contributed by atoms with Crippen LogP contribution >= 0.6 is 0 Å². The highest BCUT2D eigenvalue weighted by molar-refractivity contribution is 5.81. The molecule has 3 aromatic rings. The first-order valence-electron chi connectivity index (χ1n) is 10.4. The largest absolute Gasteiger partial charge is 0.491 e. The highest BCUT2D eigenvalue weighted by Crippen LogP contribution is 2.44. The van der Waals surface area contributed by atoms with Gasteiger partial charge in [-0.15, -0.1) is 0 Å². The van der Waals surface area contributed by atoms with Crippen molar-refractivity contribution in [1.29, 1.82) is 0 Å². The van der Waals surface area contributed by atoms with Gasteiger partial charge in [0.1, 0.15) is 12.6 Å². The molecular weight excluding hydrogens is 424 g/mol. The fourth-order valence-corrected chi connectivity index (χ4v) is 4.10. The van der Waals surface area contributed by atoms with Gasteiger partial charge < -0.3 is 24.6 Å². The lowest BCUT2D eigenvalue weighted by atomic mass is 9.98. The SMILES string of the molecule is COc1cc(C[C@H](NC(=O)OCC2c3ccccc3-c3ccccc32)C(=O)O)cnc1OC. The Hall–Kier alpha value is -4.07. The van der Waals surface area contributed by atoms with Crippen LogP contribution in [0.15, 0.2) is 60.8 Å². The fourth-order valence-electron chi connectivity index (χ4n) is 4.10. The number of amides is 1. The number of ether oxygens (including phenoxy) is 3. The van der Waals surface area contributed by atoms with Crippen molar-refractivity contribution in [3.63, 3.8) is 0 Å². The van der Waals surface area contributed by atoms with Gasteiger partial charge >= 0.3 is 12.1 Å². The van der Waals surface area contributed by atoms with Crippen LogP contribution in [-0.2, 0) is 16.0 Å². The summed E-state index contributed by atoms with van der Waals surface area (Å²) in [6.07, 6.45) is 0.696. The van der Waals surface area contributed by atoms with Gasteiger partial charge in [0.05, 0.1) is 14.2 Å². The standard InChI is InChI=1S/C25H24N2O6/c1-31-22-12-15(13-26-23(22)32-2)11-21(24(28)29)27-25(30)33-14-20-18-9-5-3-7-16(18)17-8-4-6-10-19(17)20/h3-10,12-13,20-21H,11,14H2,1-2H3,(H,27,30)(H,28,29)/t21-/m0/s1. The number of rotatable bonds is 8. The van der Waals surface area contributed by atoms with E-state index < -0.39 is 18.1 Å². The van der Waals surface area contributed by atoms with Crippen LogP contribution in [0.5, 0.6) is 11.6 Å². The first-order valence-corrected chi connectivity index (χ1v) is 10.4. The fraction of sp³-hybridized carbons (Fsp3) is 0.240. The number of carboxylic acid groups (broad SMARTS) is 1. The molecule has 0 radical (unpaired) electrons. The molecule has 1 amide bonds. The van der Waals surface area contributed by atoms with E-state index in [2.05, 4.69) is 10.3 Å². The quantitative estimate of drug-likeness (QED) is 0.542. The Morgan fingerprint density at radius 1 is 1.03 bits per heavy atom. The molecule has 33 heavy (non-hydrogen) atoms. The topological polar surface area (TPSA) is 107 Å². The van der Waals surface area contributed by atoms with Gasteiger partial charge in [-0.25, -0.2) is 14.6 Å². The van der Waals surface area contributed by atoms with Crippen molar-refractivity contribution >= 4 is 12.1 Å². The highest BCUT2D eigenvalue weighted by atomic mass is 16.5. The van der Waals surface area contributed by atoms with Gasteiger partial charge in [0.2, 0.25) is 0 Å². The molecule has 0 saturated carbocycles. The molecule has 0 saturated heterocycles. The van der Waals surface area contributed by atoms with Crippen molar-refractivity contribution in [3.05, 3.63) is 77.5 Å². The predicted octanol–water partition coefficient (Wildman–Crippen LogP) is 3.63. The van der Waals surface area contributed by atoms with E-state index in [-0.39, 0.29) is 24.8 Å². The maximum atomic E-state index is 12.5. The van der Waals surface area contributed by atoms with Crippen LogP contribution in [0.1, 0.15) is 22.6 Å². The van der Waals surface area contributed by atoms with E-state index in [9.17, 15) is 14.7 Å². The third-order valence-corrected chi connectivity index (χ3v) is 5.66. The number of aliphatic carboxylic acids is 1. The Morgan fingerprint density at radius 2 is 1.67 bits per heavy atom. The van der Waals surface area contributed by atoms with Crippen LogP contribution in [0, 0.1) is 0 Å². The number of fused-ring (bicyclic) bond motifs is 3. The minimum atomic E-state index is -1.19. The normalized spacial score (nSPS) is 12.9. The number of pyridine rings is 1. The lowest BCUT2D eigenvalue weighted by Crippen LogP contribution is -2.43. The average Bonchev–Trinajstić information content (AvgIpc) is 3.16. The van der Waals surface area contributed by atoms with Crippen LogP contribution < -0.4 is 14.8 Å². The molecule has 1 aliphatic carbocycles. The third kappa shape index (κ3) is 4.59. The first-order chi connectivity index (χ1) is 16.0. The van der Waals surface area contributed by atoms with Gasteiger partial charge in [-0.05, 0) is 33.9 Å². The second-order valence-corrected chi connectivity index (χ2v) is 7.62. The Kier molecular flexibility index (Phi) is 6.44. The van der Waals surface area contributed by atoms with E-state index in [4.69, 9.17) is 14.2 Å². The highest BCUT2D eigenvalue weighted by Gasteiger charge is 2.30. The second kappa shape index (κ2) is 9.60. The molecule has 0 unspecified atom stereocenters. The van der Waals surface area contributed by atoms with E-state index in [0.717, 1.165) is 22.3 Å². The lowest BCUT2D eigenvalue weighted by molar-refractivity contribution is -0.139. The lowest BCUT2D eigenvalue weighted by Gasteiger charge is -2.18. The monoisotopic (exact) mass is 448 g/mol. The summed E-state index contributed by atoms with van der Waals surface area (Å²) in [5, 5.41) is 12.0. The Labute approximate surface area is 191 Å². The summed E-state index contributed by atoms with van der Waals surface area (Å²) >= 11 is 0. The number of nitrogens with one attached hydrogen (secondary N) is 1.